The number of fused-ring (bicyclic) bond motifs is 5. The highest BCUT2D eigenvalue weighted by atomic mass is 16.6. The van der Waals surface area contributed by atoms with Crippen molar-refractivity contribution in [3.8, 4) is 17.0 Å². The normalized spacial score (nSPS) is 17.1. The molecule has 2 aromatic heterocycles. The van der Waals surface area contributed by atoms with E-state index in [0.717, 1.165) is 27.2 Å². The van der Waals surface area contributed by atoms with E-state index in [9.17, 15) is 15.0 Å². The van der Waals surface area contributed by atoms with Crippen LogP contribution in [0.15, 0.2) is 85.1 Å². The van der Waals surface area contributed by atoms with Gasteiger partial charge in [-0.2, -0.15) is 0 Å². The van der Waals surface area contributed by atoms with Crippen molar-refractivity contribution in [2.45, 2.75) is 11.7 Å². The summed E-state index contributed by atoms with van der Waals surface area (Å²) in [5, 5.41) is 32.6. The number of aliphatic hydroxyl groups is 2. The topological polar surface area (TPSA) is 111 Å². The average molecular weight is 461 g/mol. The number of aromatic amines is 2. The molecule has 0 saturated carbocycles. The second-order valence-electron chi connectivity index (χ2n) is 8.81. The van der Waals surface area contributed by atoms with Gasteiger partial charge in [0.2, 0.25) is 5.79 Å². The van der Waals surface area contributed by atoms with E-state index in [0.29, 0.717) is 22.2 Å². The van der Waals surface area contributed by atoms with E-state index < -0.39 is 17.7 Å². The Labute approximate surface area is 198 Å². The summed E-state index contributed by atoms with van der Waals surface area (Å²) in [4.78, 5) is 18.4. The van der Waals surface area contributed by atoms with Gasteiger partial charge in [-0.1, -0.05) is 54.6 Å². The number of nitrogens with zero attached hydrogens (tertiary/aromatic N) is 1. The van der Waals surface area contributed by atoms with E-state index >= 15 is 0 Å². The minimum Gasteiger partial charge on any atom is -0.425 e. The quantitative estimate of drug-likeness (QED) is 0.170. The van der Waals surface area contributed by atoms with Gasteiger partial charge in [0.1, 0.15) is 11.7 Å². The van der Waals surface area contributed by atoms with Crippen LogP contribution in [0.3, 0.4) is 0 Å². The number of para-hydroxylation sites is 1. The van der Waals surface area contributed by atoms with Crippen LogP contribution in [0.25, 0.3) is 43.8 Å². The Bertz CT molecular complexity index is 1790. The predicted molar refractivity (Wildman–Crippen MR) is 132 cm³/mol. The van der Waals surface area contributed by atoms with Gasteiger partial charge in [-0.3, -0.25) is 4.79 Å². The summed E-state index contributed by atoms with van der Waals surface area (Å²) in [6, 6.07) is 24.0. The van der Waals surface area contributed by atoms with Crippen molar-refractivity contribution in [1.29, 1.82) is 0 Å². The molecule has 0 amide bonds. The van der Waals surface area contributed by atoms with Gasteiger partial charge in [0, 0.05) is 28.1 Å². The van der Waals surface area contributed by atoms with Crippen LogP contribution >= 0.6 is 0 Å². The van der Waals surface area contributed by atoms with Gasteiger partial charge in [-0.15, -0.1) is 0 Å². The van der Waals surface area contributed by atoms with Crippen molar-refractivity contribution < 1.29 is 19.7 Å². The number of nitrogens with one attached hydrogen (secondary N) is 2. The molecular formula is C28H19N3O4. The van der Waals surface area contributed by atoms with Gasteiger partial charge in [0.15, 0.2) is 0 Å². The number of H-pyrrole nitrogens is 2. The lowest BCUT2D eigenvalue weighted by Crippen LogP contribution is -2.44. The van der Waals surface area contributed by atoms with Crippen LogP contribution in [-0.4, -0.2) is 31.4 Å². The summed E-state index contributed by atoms with van der Waals surface area (Å²) in [5.41, 5.74) is 3.19. The van der Waals surface area contributed by atoms with E-state index in [4.69, 9.17) is 9.72 Å². The van der Waals surface area contributed by atoms with Crippen LogP contribution < -0.4 is 4.74 Å². The second-order valence-corrected chi connectivity index (χ2v) is 8.81. The number of esters is 1. The van der Waals surface area contributed by atoms with Crippen LogP contribution in [0.4, 0.5) is 0 Å². The van der Waals surface area contributed by atoms with Crippen LogP contribution in [0, 0.1) is 0 Å². The van der Waals surface area contributed by atoms with Crippen molar-refractivity contribution in [3.63, 3.8) is 0 Å². The maximum atomic E-state index is 13.4. The molecule has 3 heterocycles. The molecule has 1 atom stereocenters. The third-order valence-corrected chi connectivity index (χ3v) is 6.86. The lowest BCUT2D eigenvalue weighted by Gasteiger charge is -2.35. The molecule has 7 rings (SSSR count). The summed E-state index contributed by atoms with van der Waals surface area (Å²) in [6.07, 6.45) is 1.81. The Morgan fingerprint density at radius 1 is 0.886 bits per heavy atom. The number of benzene rings is 4. The smallest absolute Gasteiger partial charge is 0.324 e. The molecule has 0 aliphatic carbocycles. The molecular weight excluding hydrogens is 442 g/mol. The van der Waals surface area contributed by atoms with Gasteiger partial charge in [0.05, 0.1) is 22.3 Å². The first-order valence-electron chi connectivity index (χ1n) is 11.3. The van der Waals surface area contributed by atoms with Crippen molar-refractivity contribution in [2.24, 2.45) is 0 Å². The summed E-state index contributed by atoms with van der Waals surface area (Å²) in [6.45, 7) is 0. The van der Waals surface area contributed by atoms with Gasteiger partial charge < -0.3 is 25.1 Å². The van der Waals surface area contributed by atoms with Crippen molar-refractivity contribution >= 4 is 38.5 Å². The first kappa shape index (κ1) is 20.0. The number of carbonyl (C=O) groups is 1. The van der Waals surface area contributed by atoms with Crippen molar-refractivity contribution in [1.82, 2.24) is 15.2 Å². The highest BCUT2D eigenvalue weighted by Gasteiger charge is 2.51. The molecule has 170 valence electrons. The Morgan fingerprint density at radius 2 is 1.69 bits per heavy atom. The fraction of sp³-hybridized carbons (Fsp3) is 0.0714. The number of carbonyl (C=O) groups excluding carboxylic acids is 1. The molecule has 7 heteroatoms. The standard InChI is InChI=1S/C28H19N3O4/c32-27-24(28(33,34)19-10-3-4-11-21(19)35-27)23-22-20(13-12-16-14-29-31-25(16)22)30-26(23)18-9-5-7-15-6-1-2-8-17(15)18/h1-14,24,29,31,33-34H. The van der Waals surface area contributed by atoms with Gasteiger partial charge in [0.25, 0.3) is 0 Å². The van der Waals surface area contributed by atoms with Crippen molar-refractivity contribution in [2.75, 3.05) is 0 Å². The Balaban J connectivity index is 1.62. The highest BCUT2D eigenvalue weighted by molar-refractivity contribution is 6.12. The van der Waals surface area contributed by atoms with Gasteiger partial charge in [-0.25, -0.2) is 4.98 Å². The van der Waals surface area contributed by atoms with Gasteiger partial charge >= 0.3 is 5.97 Å². The Kier molecular flexibility index (Phi) is 4.00. The van der Waals surface area contributed by atoms with Crippen molar-refractivity contribution in [3.05, 3.63) is 96.2 Å². The largest absolute Gasteiger partial charge is 0.425 e. The zero-order chi connectivity index (χ0) is 23.7. The number of aromatic nitrogens is 3. The minimum absolute atomic E-state index is 0.132. The molecule has 4 aromatic carbocycles. The van der Waals surface area contributed by atoms with E-state index in [1.807, 2.05) is 60.8 Å². The molecule has 0 fully saturated rings. The number of ether oxygens (including phenoxy) is 1. The first-order chi connectivity index (χ1) is 17.0. The van der Waals surface area contributed by atoms with Crippen LogP contribution in [-0.2, 0) is 10.6 Å². The van der Waals surface area contributed by atoms with Crippen LogP contribution in [0.1, 0.15) is 17.0 Å². The third-order valence-electron chi connectivity index (χ3n) is 6.86. The molecule has 1 unspecified atom stereocenters. The van der Waals surface area contributed by atoms with E-state index in [2.05, 4.69) is 10.2 Å². The molecule has 0 spiro atoms. The molecule has 7 nitrogen and oxygen atoms in total. The molecule has 35 heavy (non-hydrogen) atoms. The molecule has 0 radical (unpaired) electrons. The Hall–Kier alpha value is -4.46. The maximum Gasteiger partial charge on any atom is 0.324 e. The van der Waals surface area contributed by atoms with Gasteiger partial charge in [-0.05, 0) is 35.0 Å². The minimum atomic E-state index is -2.51. The molecule has 0 bridgehead atoms. The van der Waals surface area contributed by atoms with Crippen LogP contribution in [0.2, 0.25) is 0 Å². The summed E-state index contributed by atoms with van der Waals surface area (Å²) < 4.78 is 5.62. The molecule has 4 N–H and O–H groups in total. The second kappa shape index (κ2) is 7.02. The highest BCUT2D eigenvalue weighted by Crippen LogP contribution is 2.50. The zero-order valence-electron chi connectivity index (χ0n) is 18.3. The average Bonchev–Trinajstić information content (AvgIpc) is 3.48. The lowest BCUT2D eigenvalue weighted by atomic mass is 9.81. The molecule has 6 aromatic rings. The fourth-order valence-corrected chi connectivity index (χ4v) is 5.30. The zero-order valence-corrected chi connectivity index (χ0v) is 18.3. The van der Waals surface area contributed by atoms with E-state index in [1.54, 1.807) is 24.3 Å². The molecule has 0 saturated heterocycles. The number of hydrogen-bond donors (Lipinski definition) is 4. The molecule has 1 aliphatic heterocycles. The maximum absolute atomic E-state index is 13.4. The Morgan fingerprint density at radius 3 is 2.60 bits per heavy atom. The van der Waals surface area contributed by atoms with Crippen LogP contribution in [0.5, 0.6) is 5.75 Å². The van der Waals surface area contributed by atoms with E-state index in [1.165, 1.54) is 0 Å². The lowest BCUT2D eigenvalue weighted by molar-refractivity contribution is -0.205. The number of hydrogen-bond acceptors (Lipinski definition) is 5. The summed E-state index contributed by atoms with van der Waals surface area (Å²) in [5.74, 6) is -4.55. The monoisotopic (exact) mass is 461 g/mol. The molecule has 1 aliphatic rings. The summed E-state index contributed by atoms with van der Waals surface area (Å²) in [7, 11) is 0. The third kappa shape index (κ3) is 2.73. The SMILES string of the molecule is O=C1Oc2ccccc2C(O)(O)C1c1c(-c2cccc3ccccc23)nc2ccc3c[nH][nH]c3c12. The van der Waals surface area contributed by atoms with E-state index in [-0.39, 0.29) is 11.3 Å². The first-order valence-corrected chi connectivity index (χ1v) is 11.3. The fourth-order valence-electron chi connectivity index (χ4n) is 5.30. The predicted octanol–water partition coefficient (Wildman–Crippen LogP) is 4.70. The summed E-state index contributed by atoms with van der Waals surface area (Å²) >= 11 is 0. The number of rotatable bonds is 2.